The first-order valence-corrected chi connectivity index (χ1v) is 7.67. The molecule has 1 aromatic rings. The number of nitrogens with one attached hydrogen (secondary N) is 1. The summed E-state index contributed by atoms with van der Waals surface area (Å²) >= 11 is 0. The SMILES string of the molecule is c1ccc(CON2CCN=C2NC2CCCCC2)cc1. The van der Waals surface area contributed by atoms with E-state index in [4.69, 9.17) is 4.84 Å². The van der Waals surface area contributed by atoms with Gasteiger partial charge in [-0.3, -0.25) is 4.84 Å². The molecule has 1 aromatic carbocycles. The van der Waals surface area contributed by atoms with Crippen molar-refractivity contribution < 1.29 is 4.84 Å². The van der Waals surface area contributed by atoms with Crippen LogP contribution in [0.4, 0.5) is 0 Å². The highest BCUT2D eigenvalue weighted by atomic mass is 16.7. The molecule has 4 heteroatoms. The monoisotopic (exact) mass is 273 g/mol. The molecule has 0 amide bonds. The predicted octanol–water partition coefficient (Wildman–Crippen LogP) is 2.71. The molecule has 1 fully saturated rings. The van der Waals surface area contributed by atoms with Crippen molar-refractivity contribution in [3.8, 4) is 0 Å². The van der Waals surface area contributed by atoms with Crippen LogP contribution in [0, 0.1) is 0 Å². The van der Waals surface area contributed by atoms with E-state index in [1.54, 1.807) is 0 Å². The molecule has 0 radical (unpaired) electrons. The standard InChI is InChI=1S/C16H23N3O/c1-3-7-14(8-4-1)13-20-19-12-11-17-16(19)18-15-9-5-2-6-10-15/h1,3-4,7-8,15H,2,5-6,9-13H2,(H,17,18). The first-order chi connectivity index (χ1) is 9.92. The number of hydrogen-bond acceptors (Lipinski definition) is 4. The summed E-state index contributed by atoms with van der Waals surface area (Å²) in [7, 11) is 0. The second-order valence-electron chi connectivity index (χ2n) is 5.55. The van der Waals surface area contributed by atoms with Crippen molar-refractivity contribution in [2.45, 2.75) is 44.8 Å². The van der Waals surface area contributed by atoms with Crippen molar-refractivity contribution in [2.75, 3.05) is 13.1 Å². The Hall–Kier alpha value is -1.55. The molecule has 2 aliphatic rings. The van der Waals surface area contributed by atoms with Gasteiger partial charge in [-0.2, -0.15) is 0 Å². The Labute approximate surface area is 120 Å². The Morgan fingerprint density at radius 1 is 1.15 bits per heavy atom. The first-order valence-electron chi connectivity index (χ1n) is 7.67. The maximum absolute atomic E-state index is 5.88. The van der Waals surface area contributed by atoms with Crippen molar-refractivity contribution in [3.05, 3.63) is 35.9 Å². The van der Waals surface area contributed by atoms with Gasteiger partial charge in [0, 0.05) is 6.04 Å². The molecule has 1 aliphatic heterocycles. The molecule has 0 unspecified atom stereocenters. The third kappa shape index (κ3) is 3.51. The number of rotatable bonds is 4. The molecule has 0 atom stereocenters. The third-order valence-corrected chi connectivity index (χ3v) is 3.97. The Bertz CT molecular complexity index is 440. The van der Waals surface area contributed by atoms with E-state index in [0.29, 0.717) is 12.6 Å². The lowest BCUT2D eigenvalue weighted by molar-refractivity contribution is -0.106. The van der Waals surface area contributed by atoms with Gasteiger partial charge in [-0.1, -0.05) is 49.6 Å². The van der Waals surface area contributed by atoms with Gasteiger partial charge in [0.25, 0.3) is 0 Å². The van der Waals surface area contributed by atoms with Crippen molar-refractivity contribution in [3.63, 3.8) is 0 Å². The van der Waals surface area contributed by atoms with Crippen LogP contribution in [-0.4, -0.2) is 30.2 Å². The molecule has 3 rings (SSSR count). The van der Waals surface area contributed by atoms with Crippen LogP contribution in [0.15, 0.2) is 35.3 Å². The topological polar surface area (TPSA) is 36.9 Å². The highest BCUT2D eigenvalue weighted by Gasteiger charge is 2.22. The molecule has 4 nitrogen and oxygen atoms in total. The van der Waals surface area contributed by atoms with E-state index in [9.17, 15) is 0 Å². The van der Waals surface area contributed by atoms with E-state index in [2.05, 4.69) is 22.4 Å². The Morgan fingerprint density at radius 2 is 1.95 bits per heavy atom. The summed E-state index contributed by atoms with van der Waals surface area (Å²) in [6, 6.07) is 10.8. The zero-order valence-electron chi connectivity index (χ0n) is 11.9. The van der Waals surface area contributed by atoms with Gasteiger partial charge in [-0.25, -0.2) is 10.1 Å². The highest BCUT2D eigenvalue weighted by Crippen LogP contribution is 2.18. The van der Waals surface area contributed by atoms with Crippen molar-refractivity contribution >= 4 is 5.96 Å². The quantitative estimate of drug-likeness (QED) is 0.916. The number of aliphatic imine (C=N–C) groups is 1. The molecule has 0 bridgehead atoms. The average Bonchev–Trinajstić information content (AvgIpc) is 2.94. The Balaban J connectivity index is 1.50. The number of benzene rings is 1. The number of hydrogen-bond donors (Lipinski definition) is 1. The van der Waals surface area contributed by atoms with E-state index < -0.39 is 0 Å². The van der Waals surface area contributed by atoms with Crippen molar-refractivity contribution in [2.24, 2.45) is 4.99 Å². The molecule has 20 heavy (non-hydrogen) atoms. The van der Waals surface area contributed by atoms with Crippen molar-refractivity contribution in [1.82, 2.24) is 10.4 Å². The zero-order valence-corrected chi connectivity index (χ0v) is 11.9. The summed E-state index contributed by atoms with van der Waals surface area (Å²) in [6.45, 7) is 2.28. The summed E-state index contributed by atoms with van der Waals surface area (Å²) in [5, 5.41) is 5.47. The summed E-state index contributed by atoms with van der Waals surface area (Å²) in [6.07, 6.45) is 6.54. The molecular weight excluding hydrogens is 250 g/mol. The molecule has 0 aromatic heterocycles. The lowest BCUT2D eigenvalue weighted by atomic mass is 9.96. The fraction of sp³-hybridized carbons (Fsp3) is 0.562. The molecule has 1 saturated carbocycles. The minimum absolute atomic E-state index is 0.573. The average molecular weight is 273 g/mol. The van der Waals surface area contributed by atoms with Gasteiger partial charge in [-0.05, 0) is 18.4 Å². The van der Waals surface area contributed by atoms with Crippen LogP contribution >= 0.6 is 0 Å². The fourth-order valence-electron chi connectivity index (χ4n) is 2.83. The number of guanidine groups is 1. The highest BCUT2D eigenvalue weighted by molar-refractivity contribution is 5.80. The zero-order chi connectivity index (χ0) is 13.6. The van der Waals surface area contributed by atoms with Crippen LogP contribution in [0.3, 0.4) is 0 Å². The maximum Gasteiger partial charge on any atom is 0.218 e. The molecule has 0 saturated heterocycles. The van der Waals surface area contributed by atoms with Gasteiger partial charge in [0.1, 0.15) is 6.61 Å². The van der Waals surface area contributed by atoms with E-state index in [0.717, 1.165) is 19.0 Å². The summed E-state index contributed by atoms with van der Waals surface area (Å²) in [5.74, 6) is 0.924. The van der Waals surface area contributed by atoms with E-state index >= 15 is 0 Å². The smallest absolute Gasteiger partial charge is 0.218 e. The summed E-state index contributed by atoms with van der Waals surface area (Å²) in [4.78, 5) is 10.4. The van der Waals surface area contributed by atoms with Gasteiger partial charge < -0.3 is 5.32 Å². The van der Waals surface area contributed by atoms with Crippen LogP contribution in [-0.2, 0) is 11.4 Å². The van der Waals surface area contributed by atoms with Gasteiger partial charge in [0.15, 0.2) is 0 Å². The third-order valence-electron chi connectivity index (χ3n) is 3.97. The van der Waals surface area contributed by atoms with Gasteiger partial charge in [-0.15, -0.1) is 0 Å². The van der Waals surface area contributed by atoms with E-state index in [-0.39, 0.29) is 0 Å². The second-order valence-corrected chi connectivity index (χ2v) is 5.55. The van der Waals surface area contributed by atoms with Gasteiger partial charge in [0.2, 0.25) is 5.96 Å². The Morgan fingerprint density at radius 3 is 2.75 bits per heavy atom. The molecule has 1 aliphatic carbocycles. The minimum atomic E-state index is 0.573. The molecular formula is C16H23N3O. The van der Waals surface area contributed by atoms with E-state index in [1.807, 2.05) is 23.3 Å². The largest absolute Gasteiger partial charge is 0.352 e. The normalized spacial score (nSPS) is 20.0. The minimum Gasteiger partial charge on any atom is -0.352 e. The summed E-state index contributed by atoms with van der Waals surface area (Å²) < 4.78 is 0. The lowest BCUT2D eigenvalue weighted by Gasteiger charge is -2.27. The number of hydroxylamine groups is 2. The number of nitrogens with zero attached hydrogens (tertiary/aromatic N) is 2. The fourth-order valence-corrected chi connectivity index (χ4v) is 2.83. The lowest BCUT2D eigenvalue weighted by Crippen LogP contribution is -2.44. The van der Waals surface area contributed by atoms with Gasteiger partial charge in [0.05, 0.1) is 13.1 Å². The molecule has 1 heterocycles. The van der Waals surface area contributed by atoms with Crippen LogP contribution in [0.2, 0.25) is 0 Å². The van der Waals surface area contributed by atoms with Crippen LogP contribution < -0.4 is 5.32 Å². The maximum atomic E-state index is 5.88. The second kappa shape index (κ2) is 6.75. The molecule has 108 valence electrons. The first kappa shape index (κ1) is 13.4. The van der Waals surface area contributed by atoms with Gasteiger partial charge >= 0.3 is 0 Å². The predicted molar refractivity (Wildman–Crippen MR) is 80.2 cm³/mol. The van der Waals surface area contributed by atoms with Crippen LogP contribution in [0.5, 0.6) is 0 Å². The van der Waals surface area contributed by atoms with Crippen LogP contribution in [0.1, 0.15) is 37.7 Å². The van der Waals surface area contributed by atoms with Crippen LogP contribution in [0.25, 0.3) is 0 Å². The molecule has 0 spiro atoms. The van der Waals surface area contributed by atoms with E-state index in [1.165, 1.54) is 37.7 Å². The summed E-state index contributed by atoms with van der Waals surface area (Å²) in [5.41, 5.74) is 1.19. The molecule has 1 N–H and O–H groups in total. The Kier molecular flexibility index (Phi) is 4.53. The van der Waals surface area contributed by atoms with Crippen molar-refractivity contribution in [1.29, 1.82) is 0 Å².